The molecule has 2 fully saturated rings. The number of carboxylic acids is 1. The summed E-state index contributed by atoms with van der Waals surface area (Å²) in [6.45, 7) is 5.26. The normalized spacial score (nSPS) is 29.3. The minimum atomic E-state index is -0.844. The molecule has 1 unspecified atom stereocenters. The van der Waals surface area contributed by atoms with Crippen molar-refractivity contribution in [2.45, 2.75) is 38.4 Å². The molecule has 21 heavy (non-hydrogen) atoms. The van der Waals surface area contributed by atoms with Gasteiger partial charge in [-0.3, -0.25) is 4.79 Å². The number of aliphatic carboxylic acids is 1. The van der Waals surface area contributed by atoms with E-state index >= 15 is 0 Å². The number of rotatable bonds is 2. The van der Waals surface area contributed by atoms with Crippen LogP contribution < -0.4 is 0 Å². The number of carboxylic acid groups (broad SMARTS) is 1. The summed E-state index contributed by atoms with van der Waals surface area (Å²) in [5.41, 5.74) is -0.511. The SMILES string of the molecule is CC1(C)CN(C(=O)N2CCC[C@@H](C(=O)O)C2)CC(CO)O1. The van der Waals surface area contributed by atoms with Gasteiger partial charge in [-0.15, -0.1) is 0 Å². The van der Waals surface area contributed by atoms with Crippen LogP contribution in [0.25, 0.3) is 0 Å². The van der Waals surface area contributed by atoms with E-state index in [1.807, 2.05) is 13.8 Å². The van der Waals surface area contributed by atoms with Crippen LogP contribution in [0, 0.1) is 5.92 Å². The van der Waals surface area contributed by atoms with Crippen LogP contribution in [0.5, 0.6) is 0 Å². The topological polar surface area (TPSA) is 90.3 Å². The molecule has 0 bridgehead atoms. The Morgan fingerprint density at radius 3 is 2.62 bits per heavy atom. The number of carbonyl (C=O) groups excluding carboxylic acids is 1. The fourth-order valence-corrected chi connectivity index (χ4v) is 3.09. The number of aliphatic hydroxyl groups is 1. The highest BCUT2D eigenvalue weighted by molar-refractivity contribution is 5.77. The van der Waals surface area contributed by atoms with Crippen LogP contribution in [0.15, 0.2) is 0 Å². The lowest BCUT2D eigenvalue weighted by molar-refractivity contribution is -0.145. The van der Waals surface area contributed by atoms with Gasteiger partial charge in [-0.25, -0.2) is 4.79 Å². The second-order valence-electron chi connectivity index (χ2n) is 6.47. The molecule has 2 heterocycles. The second kappa shape index (κ2) is 6.19. The highest BCUT2D eigenvalue weighted by Gasteiger charge is 2.38. The number of aliphatic hydroxyl groups excluding tert-OH is 1. The quantitative estimate of drug-likeness (QED) is 0.769. The number of ether oxygens (including phenoxy) is 1. The fraction of sp³-hybridized carbons (Fsp3) is 0.857. The molecular weight excluding hydrogens is 276 g/mol. The third kappa shape index (κ3) is 3.85. The lowest BCUT2D eigenvalue weighted by atomic mass is 9.98. The molecule has 2 N–H and O–H groups in total. The van der Waals surface area contributed by atoms with Crippen molar-refractivity contribution in [2.24, 2.45) is 5.92 Å². The molecule has 0 aromatic heterocycles. The zero-order valence-corrected chi connectivity index (χ0v) is 12.6. The third-order valence-electron chi connectivity index (χ3n) is 4.00. The van der Waals surface area contributed by atoms with Crippen molar-refractivity contribution in [2.75, 3.05) is 32.8 Å². The van der Waals surface area contributed by atoms with Gasteiger partial charge in [0, 0.05) is 13.1 Å². The van der Waals surface area contributed by atoms with Gasteiger partial charge in [0.15, 0.2) is 0 Å². The van der Waals surface area contributed by atoms with Crippen molar-refractivity contribution in [3.05, 3.63) is 0 Å². The van der Waals surface area contributed by atoms with Gasteiger partial charge >= 0.3 is 12.0 Å². The van der Waals surface area contributed by atoms with Crippen molar-refractivity contribution in [3.8, 4) is 0 Å². The molecule has 0 spiro atoms. The first kappa shape index (κ1) is 16.0. The standard InChI is InChI=1S/C14H24N2O5/c1-14(2)9-16(7-11(8-17)21-14)13(20)15-5-3-4-10(6-15)12(18)19/h10-11,17H,3-9H2,1-2H3,(H,18,19)/t10-,11?/m1/s1. The van der Waals surface area contributed by atoms with E-state index in [9.17, 15) is 14.7 Å². The zero-order valence-electron chi connectivity index (χ0n) is 12.6. The van der Waals surface area contributed by atoms with Crippen LogP contribution in [-0.2, 0) is 9.53 Å². The van der Waals surface area contributed by atoms with Gasteiger partial charge < -0.3 is 24.7 Å². The maximum Gasteiger partial charge on any atom is 0.320 e. The van der Waals surface area contributed by atoms with Crippen molar-refractivity contribution < 1.29 is 24.5 Å². The number of carbonyl (C=O) groups is 2. The smallest absolute Gasteiger partial charge is 0.320 e. The number of morpholine rings is 1. The van der Waals surface area contributed by atoms with Crippen molar-refractivity contribution >= 4 is 12.0 Å². The molecule has 0 saturated carbocycles. The molecule has 2 atom stereocenters. The molecule has 0 aromatic rings. The summed E-state index contributed by atoms with van der Waals surface area (Å²) in [7, 11) is 0. The minimum absolute atomic E-state index is 0.134. The third-order valence-corrected chi connectivity index (χ3v) is 4.00. The molecule has 2 aliphatic rings. The van der Waals surface area contributed by atoms with Crippen LogP contribution in [0.3, 0.4) is 0 Å². The Labute approximate surface area is 124 Å². The maximum atomic E-state index is 12.6. The van der Waals surface area contributed by atoms with Gasteiger partial charge in [-0.2, -0.15) is 0 Å². The Hall–Kier alpha value is -1.34. The Balaban J connectivity index is 2.03. The van der Waals surface area contributed by atoms with E-state index in [4.69, 9.17) is 9.84 Å². The second-order valence-corrected chi connectivity index (χ2v) is 6.47. The van der Waals surface area contributed by atoms with Gasteiger partial charge in [0.25, 0.3) is 0 Å². The highest BCUT2D eigenvalue weighted by Crippen LogP contribution is 2.24. The number of amides is 2. The van der Waals surface area contributed by atoms with Crippen molar-refractivity contribution in [1.29, 1.82) is 0 Å². The summed E-state index contributed by atoms with van der Waals surface area (Å²) in [6.07, 6.45) is 0.935. The van der Waals surface area contributed by atoms with E-state index in [0.29, 0.717) is 32.5 Å². The van der Waals surface area contributed by atoms with E-state index < -0.39 is 23.6 Å². The summed E-state index contributed by atoms with van der Waals surface area (Å²) in [5, 5.41) is 18.4. The number of hydrogen-bond donors (Lipinski definition) is 2. The zero-order chi connectivity index (χ0) is 15.6. The number of piperidine rings is 1. The number of urea groups is 1. The summed E-state index contributed by atoms with van der Waals surface area (Å²) in [6, 6.07) is -0.157. The number of nitrogens with zero attached hydrogens (tertiary/aromatic N) is 2. The number of likely N-dealkylation sites (tertiary alicyclic amines) is 1. The predicted molar refractivity (Wildman–Crippen MR) is 74.9 cm³/mol. The molecule has 2 aliphatic heterocycles. The first-order valence-electron chi connectivity index (χ1n) is 7.38. The molecule has 2 rings (SSSR count). The van der Waals surface area contributed by atoms with Crippen LogP contribution in [0.2, 0.25) is 0 Å². The molecule has 7 nitrogen and oxygen atoms in total. The monoisotopic (exact) mass is 300 g/mol. The first-order chi connectivity index (χ1) is 9.82. The lowest BCUT2D eigenvalue weighted by Gasteiger charge is -2.44. The lowest BCUT2D eigenvalue weighted by Crippen LogP contribution is -2.59. The van der Waals surface area contributed by atoms with Gasteiger partial charge in [0.1, 0.15) is 0 Å². The van der Waals surface area contributed by atoms with Crippen LogP contribution in [-0.4, -0.2) is 76.5 Å². The number of hydrogen-bond acceptors (Lipinski definition) is 4. The van der Waals surface area contributed by atoms with Gasteiger partial charge in [-0.05, 0) is 26.7 Å². The largest absolute Gasteiger partial charge is 0.481 e. The average Bonchev–Trinajstić information content (AvgIpc) is 2.44. The average molecular weight is 300 g/mol. The van der Waals surface area contributed by atoms with Gasteiger partial charge in [-0.1, -0.05) is 0 Å². The molecule has 0 aromatic carbocycles. The van der Waals surface area contributed by atoms with Crippen molar-refractivity contribution in [3.63, 3.8) is 0 Å². The summed E-state index contributed by atoms with van der Waals surface area (Å²) in [4.78, 5) is 27.0. The van der Waals surface area contributed by atoms with Gasteiger partial charge in [0.2, 0.25) is 0 Å². The van der Waals surface area contributed by atoms with E-state index in [1.165, 1.54) is 0 Å². The van der Waals surface area contributed by atoms with E-state index in [-0.39, 0.29) is 19.2 Å². The van der Waals surface area contributed by atoms with E-state index in [2.05, 4.69) is 0 Å². The Morgan fingerprint density at radius 1 is 1.29 bits per heavy atom. The highest BCUT2D eigenvalue weighted by atomic mass is 16.5. The molecule has 7 heteroatoms. The summed E-state index contributed by atoms with van der Waals surface area (Å²) in [5.74, 6) is -1.33. The molecular formula is C14H24N2O5. The molecule has 120 valence electrons. The van der Waals surface area contributed by atoms with Crippen molar-refractivity contribution in [1.82, 2.24) is 9.80 Å². The maximum absolute atomic E-state index is 12.6. The van der Waals surface area contributed by atoms with E-state index in [1.54, 1.807) is 9.80 Å². The Kier molecular flexibility index (Phi) is 4.73. The van der Waals surface area contributed by atoms with E-state index in [0.717, 1.165) is 0 Å². The molecule has 2 amide bonds. The summed E-state index contributed by atoms with van der Waals surface area (Å²) < 4.78 is 5.69. The molecule has 0 aliphatic carbocycles. The first-order valence-corrected chi connectivity index (χ1v) is 7.38. The van der Waals surface area contributed by atoms with Crippen LogP contribution in [0.4, 0.5) is 4.79 Å². The Bertz CT molecular complexity index is 412. The van der Waals surface area contributed by atoms with Crippen LogP contribution >= 0.6 is 0 Å². The Morgan fingerprint density at radius 2 is 2.00 bits per heavy atom. The fourth-order valence-electron chi connectivity index (χ4n) is 3.09. The molecule has 2 saturated heterocycles. The minimum Gasteiger partial charge on any atom is -0.481 e. The summed E-state index contributed by atoms with van der Waals surface area (Å²) >= 11 is 0. The molecule has 0 radical (unpaired) electrons. The van der Waals surface area contributed by atoms with Gasteiger partial charge in [0.05, 0.1) is 37.3 Å². The predicted octanol–water partition coefficient (Wildman–Crippen LogP) is 0.375. The van der Waals surface area contributed by atoms with Crippen LogP contribution in [0.1, 0.15) is 26.7 Å².